The van der Waals surface area contributed by atoms with Crippen molar-refractivity contribution in [3.05, 3.63) is 35.9 Å². The van der Waals surface area contributed by atoms with Gasteiger partial charge in [0.2, 0.25) is 0 Å². The average molecular weight is 419 g/mol. The molecular weight excluding hydrogens is 395 g/mol. The summed E-state index contributed by atoms with van der Waals surface area (Å²) >= 11 is 0. The summed E-state index contributed by atoms with van der Waals surface area (Å²) in [6.45, 7) is 4.48. The highest BCUT2D eigenvalue weighted by Gasteiger charge is 2.31. The number of phenolic OH excluding ortho intramolecular Hbond substituents is 1. The molecule has 0 aliphatic carbocycles. The average Bonchev–Trinajstić information content (AvgIpc) is 3.04. The number of anilines is 1. The van der Waals surface area contributed by atoms with Crippen LogP contribution in [0, 0.1) is 0 Å². The number of aromatic hydroxyl groups is 1. The molecular formula is C21H24F3N5O. The number of hydrogen-bond acceptors (Lipinski definition) is 5. The maximum atomic E-state index is 12.9. The van der Waals surface area contributed by atoms with Gasteiger partial charge < -0.3 is 19.9 Å². The van der Waals surface area contributed by atoms with E-state index < -0.39 is 17.5 Å². The lowest BCUT2D eigenvalue weighted by Gasteiger charge is -2.30. The van der Waals surface area contributed by atoms with Gasteiger partial charge in [0.25, 0.3) is 0 Å². The van der Waals surface area contributed by atoms with Crippen molar-refractivity contribution in [2.45, 2.75) is 38.5 Å². The molecule has 1 saturated heterocycles. The fourth-order valence-corrected chi connectivity index (χ4v) is 4.01. The van der Waals surface area contributed by atoms with Crippen LogP contribution < -0.4 is 5.32 Å². The van der Waals surface area contributed by atoms with Crippen LogP contribution in [0.25, 0.3) is 22.6 Å². The second-order valence-corrected chi connectivity index (χ2v) is 7.69. The Hall–Kier alpha value is -2.81. The van der Waals surface area contributed by atoms with E-state index in [0.717, 1.165) is 43.6 Å². The third kappa shape index (κ3) is 3.94. The molecule has 3 heterocycles. The Kier molecular flexibility index (Phi) is 5.31. The van der Waals surface area contributed by atoms with Gasteiger partial charge >= 0.3 is 6.18 Å². The van der Waals surface area contributed by atoms with Crippen molar-refractivity contribution in [3.8, 4) is 17.1 Å². The molecule has 2 N–H and O–H groups in total. The molecule has 6 nitrogen and oxygen atoms in total. The third-order valence-corrected chi connectivity index (χ3v) is 5.47. The largest absolute Gasteiger partial charge is 0.507 e. The number of nitrogens with zero attached hydrogens (tertiary/aromatic N) is 4. The quantitative estimate of drug-likeness (QED) is 0.658. The monoisotopic (exact) mass is 419 g/mol. The van der Waals surface area contributed by atoms with Gasteiger partial charge in [-0.2, -0.15) is 13.2 Å². The van der Waals surface area contributed by atoms with Gasteiger partial charge in [0.05, 0.1) is 16.6 Å². The summed E-state index contributed by atoms with van der Waals surface area (Å²) < 4.78 is 40.6. The van der Waals surface area contributed by atoms with E-state index in [2.05, 4.69) is 27.2 Å². The van der Waals surface area contributed by atoms with Crippen molar-refractivity contribution in [2.75, 3.05) is 25.5 Å². The van der Waals surface area contributed by atoms with Gasteiger partial charge in [0, 0.05) is 19.1 Å². The molecule has 1 atom stereocenters. The summed E-state index contributed by atoms with van der Waals surface area (Å²) in [5, 5.41) is 13.7. The van der Waals surface area contributed by atoms with E-state index in [1.807, 2.05) is 23.6 Å². The van der Waals surface area contributed by atoms with Gasteiger partial charge in [0.1, 0.15) is 17.4 Å². The lowest BCUT2D eigenvalue weighted by atomic mass is 10.1. The lowest BCUT2D eigenvalue weighted by molar-refractivity contribution is -0.137. The van der Waals surface area contributed by atoms with Crippen LogP contribution in [0.4, 0.5) is 19.0 Å². The number of likely N-dealkylation sites (N-methyl/N-ethyl adjacent to an activating group) is 1. The molecule has 3 aromatic rings. The summed E-state index contributed by atoms with van der Waals surface area (Å²) in [7, 11) is 2.09. The van der Waals surface area contributed by atoms with Gasteiger partial charge in [-0.25, -0.2) is 9.97 Å². The first-order chi connectivity index (χ1) is 14.3. The number of halogens is 3. The van der Waals surface area contributed by atoms with Gasteiger partial charge in [-0.3, -0.25) is 0 Å². The zero-order valence-corrected chi connectivity index (χ0v) is 16.9. The topological polar surface area (TPSA) is 66.2 Å². The molecule has 1 aliphatic heterocycles. The molecule has 0 spiro atoms. The highest BCUT2D eigenvalue weighted by molar-refractivity contribution is 5.80. The minimum Gasteiger partial charge on any atom is -0.507 e. The number of alkyl halides is 3. The number of nitrogens with one attached hydrogen (secondary N) is 1. The summed E-state index contributed by atoms with van der Waals surface area (Å²) in [5.41, 5.74) is 0.592. The molecule has 1 unspecified atom stereocenters. The van der Waals surface area contributed by atoms with Crippen LogP contribution in [0.3, 0.4) is 0 Å². The number of hydrogen-bond donors (Lipinski definition) is 2. The van der Waals surface area contributed by atoms with Crippen molar-refractivity contribution in [3.63, 3.8) is 0 Å². The zero-order chi connectivity index (χ0) is 21.5. The second kappa shape index (κ2) is 7.79. The number of imidazole rings is 1. The van der Waals surface area contributed by atoms with Gasteiger partial charge in [-0.05, 0) is 63.7 Å². The van der Waals surface area contributed by atoms with E-state index in [1.165, 1.54) is 6.07 Å². The molecule has 160 valence electrons. The molecule has 1 aromatic carbocycles. The predicted molar refractivity (Wildman–Crippen MR) is 109 cm³/mol. The Bertz CT molecular complexity index is 1060. The normalized spacial score (nSPS) is 18.1. The predicted octanol–water partition coefficient (Wildman–Crippen LogP) is 4.35. The van der Waals surface area contributed by atoms with Crippen LogP contribution in [-0.4, -0.2) is 50.7 Å². The van der Waals surface area contributed by atoms with Crippen molar-refractivity contribution < 1.29 is 18.3 Å². The minimum absolute atomic E-state index is 0.242. The maximum absolute atomic E-state index is 12.9. The number of aryl methyl sites for hydroxylation is 1. The minimum atomic E-state index is -4.52. The molecule has 1 aliphatic rings. The molecule has 0 amide bonds. The number of likely N-dealkylation sites (tertiary alicyclic amines) is 1. The number of piperidine rings is 1. The van der Waals surface area contributed by atoms with Crippen molar-refractivity contribution in [1.29, 1.82) is 0 Å². The Morgan fingerprint density at radius 1 is 1.20 bits per heavy atom. The number of benzene rings is 1. The fourth-order valence-electron chi connectivity index (χ4n) is 4.01. The van der Waals surface area contributed by atoms with Gasteiger partial charge in [-0.15, -0.1) is 0 Å². The number of fused-ring (bicyclic) bond motifs is 1. The molecule has 4 rings (SSSR count). The van der Waals surface area contributed by atoms with Crippen LogP contribution >= 0.6 is 0 Å². The van der Waals surface area contributed by atoms with Crippen LogP contribution in [0.15, 0.2) is 30.3 Å². The summed E-state index contributed by atoms with van der Waals surface area (Å²) in [6, 6.07) is 7.03. The Morgan fingerprint density at radius 2 is 2.00 bits per heavy atom. The Balaban J connectivity index is 1.69. The van der Waals surface area contributed by atoms with Crippen molar-refractivity contribution in [1.82, 2.24) is 19.4 Å². The number of phenols is 1. The standard InChI is InChI=1S/C21H24F3N5O/c1-3-29-16-8-9-18(25-14-5-4-10-28(2)12-14)26-19(16)27-20(29)15-7-6-13(11-17(15)30)21(22,23)24/h6-9,11,14,30H,3-5,10,12H2,1-2H3,(H,25,26). The van der Waals surface area contributed by atoms with Crippen LogP contribution in [-0.2, 0) is 12.7 Å². The van der Waals surface area contributed by atoms with Crippen LogP contribution in [0.1, 0.15) is 25.3 Å². The second-order valence-electron chi connectivity index (χ2n) is 7.69. The van der Waals surface area contributed by atoms with E-state index in [1.54, 1.807) is 0 Å². The van der Waals surface area contributed by atoms with Crippen molar-refractivity contribution in [2.24, 2.45) is 0 Å². The zero-order valence-electron chi connectivity index (χ0n) is 16.9. The fraction of sp³-hybridized carbons (Fsp3) is 0.429. The lowest BCUT2D eigenvalue weighted by Crippen LogP contribution is -2.39. The molecule has 30 heavy (non-hydrogen) atoms. The number of rotatable bonds is 4. The Morgan fingerprint density at radius 3 is 2.67 bits per heavy atom. The van der Waals surface area contributed by atoms with E-state index >= 15 is 0 Å². The first-order valence-corrected chi connectivity index (χ1v) is 9.99. The highest BCUT2D eigenvalue weighted by Crippen LogP contribution is 2.37. The number of pyridine rings is 1. The molecule has 2 aromatic heterocycles. The molecule has 0 saturated carbocycles. The molecule has 0 bridgehead atoms. The molecule has 0 radical (unpaired) electrons. The van der Waals surface area contributed by atoms with Gasteiger partial charge in [-0.1, -0.05) is 0 Å². The van der Waals surface area contributed by atoms with Crippen LogP contribution in [0.2, 0.25) is 0 Å². The van der Waals surface area contributed by atoms with Gasteiger partial charge in [0.15, 0.2) is 5.65 Å². The van der Waals surface area contributed by atoms with E-state index in [0.29, 0.717) is 29.9 Å². The Labute approximate surface area is 172 Å². The van der Waals surface area contributed by atoms with Crippen molar-refractivity contribution >= 4 is 17.0 Å². The first-order valence-electron chi connectivity index (χ1n) is 9.99. The maximum Gasteiger partial charge on any atom is 0.416 e. The highest BCUT2D eigenvalue weighted by atomic mass is 19.4. The van der Waals surface area contributed by atoms with E-state index in [4.69, 9.17) is 0 Å². The summed E-state index contributed by atoms with van der Waals surface area (Å²) in [6.07, 6.45) is -2.33. The summed E-state index contributed by atoms with van der Waals surface area (Å²) in [4.78, 5) is 11.4. The smallest absolute Gasteiger partial charge is 0.416 e. The van der Waals surface area contributed by atoms with Crippen LogP contribution in [0.5, 0.6) is 5.75 Å². The summed E-state index contributed by atoms with van der Waals surface area (Å²) in [5.74, 6) is 0.644. The third-order valence-electron chi connectivity index (χ3n) is 5.47. The number of aromatic nitrogens is 3. The van der Waals surface area contributed by atoms with E-state index in [-0.39, 0.29) is 5.56 Å². The van der Waals surface area contributed by atoms with E-state index in [9.17, 15) is 18.3 Å². The molecule has 9 heteroatoms. The first kappa shape index (κ1) is 20.5. The molecule has 1 fully saturated rings. The SMILES string of the molecule is CCn1c(-c2ccc(C(F)(F)F)cc2O)nc2nc(NC3CCCN(C)C3)ccc21.